The monoisotopic (exact) mass is 307 g/mol. The lowest BCUT2D eigenvalue weighted by atomic mass is 10.3. The van der Waals surface area contributed by atoms with Crippen LogP contribution in [0.5, 0.6) is 5.75 Å². The first-order chi connectivity index (χ1) is 10.1. The molecule has 0 saturated carbocycles. The highest BCUT2D eigenvalue weighted by molar-refractivity contribution is 8.14. The Morgan fingerprint density at radius 2 is 2.14 bits per heavy atom. The minimum Gasteiger partial charge on any atom is -0.484 e. The van der Waals surface area contributed by atoms with Crippen LogP contribution in [-0.2, 0) is 9.59 Å². The second kappa shape index (κ2) is 7.68. The summed E-state index contributed by atoms with van der Waals surface area (Å²) in [6.07, 6.45) is 0. The molecule has 0 spiro atoms. The lowest BCUT2D eigenvalue weighted by Crippen LogP contribution is -2.47. The summed E-state index contributed by atoms with van der Waals surface area (Å²) in [4.78, 5) is 27.7. The van der Waals surface area contributed by atoms with Crippen LogP contribution in [0.25, 0.3) is 0 Å². The second-order valence-corrected chi connectivity index (χ2v) is 5.50. The number of hydrogen-bond acceptors (Lipinski definition) is 5. The smallest absolute Gasteiger partial charge is 0.258 e. The summed E-state index contributed by atoms with van der Waals surface area (Å²) in [5.74, 6) is 0.863. The van der Waals surface area contributed by atoms with E-state index in [0.717, 1.165) is 5.75 Å². The molecule has 2 amide bonds. The molecule has 21 heavy (non-hydrogen) atoms. The lowest BCUT2D eigenvalue weighted by Gasteiger charge is -2.14. The first-order valence-corrected chi connectivity index (χ1v) is 7.59. The first kappa shape index (κ1) is 15.4. The fraction of sp³-hybridized carbons (Fsp3) is 0.357. The van der Waals surface area contributed by atoms with E-state index in [4.69, 9.17) is 4.74 Å². The van der Waals surface area contributed by atoms with E-state index in [1.807, 2.05) is 18.2 Å². The Labute approximate surface area is 127 Å². The molecule has 0 aromatic heterocycles. The standard InChI is InChI=1S/C14H17N3O3S/c1-10(13(19)17-14-15-7-8-21-14)16-12(18)9-20-11-5-3-2-4-6-11/h2-6,10H,7-9H2,1H3,(H,16,18)(H,15,17,19)/t10-/m1/s1. The third-order valence-corrected chi connectivity index (χ3v) is 3.59. The molecule has 7 heteroatoms. The molecule has 0 aliphatic carbocycles. The Kier molecular flexibility index (Phi) is 5.62. The molecule has 6 nitrogen and oxygen atoms in total. The van der Waals surface area contributed by atoms with Gasteiger partial charge in [-0.3, -0.25) is 14.6 Å². The number of nitrogens with zero attached hydrogens (tertiary/aromatic N) is 1. The molecule has 2 rings (SSSR count). The van der Waals surface area contributed by atoms with E-state index in [-0.39, 0.29) is 18.4 Å². The van der Waals surface area contributed by atoms with Crippen molar-refractivity contribution in [1.82, 2.24) is 10.6 Å². The van der Waals surface area contributed by atoms with Crippen LogP contribution < -0.4 is 15.4 Å². The molecule has 0 unspecified atom stereocenters. The van der Waals surface area contributed by atoms with E-state index in [0.29, 0.717) is 17.5 Å². The number of nitrogens with one attached hydrogen (secondary N) is 2. The minimum atomic E-state index is -0.638. The normalized spacial score (nSPS) is 15.0. The van der Waals surface area contributed by atoms with Crippen molar-refractivity contribution in [2.24, 2.45) is 4.99 Å². The van der Waals surface area contributed by atoms with Crippen LogP contribution in [0.15, 0.2) is 35.3 Å². The third kappa shape index (κ3) is 5.11. The Hall–Kier alpha value is -2.02. The predicted octanol–water partition coefficient (Wildman–Crippen LogP) is 0.789. The first-order valence-electron chi connectivity index (χ1n) is 6.60. The van der Waals surface area contributed by atoms with Gasteiger partial charge in [-0.1, -0.05) is 30.0 Å². The Morgan fingerprint density at radius 1 is 1.38 bits per heavy atom. The summed E-state index contributed by atoms with van der Waals surface area (Å²) in [6.45, 7) is 2.21. The SMILES string of the molecule is C[C@@H](NC(=O)COc1ccccc1)C(=O)NC1=NCCS1. The fourth-order valence-corrected chi connectivity index (χ4v) is 2.37. The number of carbonyl (C=O) groups excluding carboxylic acids is 2. The van der Waals surface area contributed by atoms with Crippen LogP contribution in [0.1, 0.15) is 6.92 Å². The summed E-state index contributed by atoms with van der Waals surface area (Å²) in [5, 5.41) is 5.87. The molecular formula is C14H17N3O3S. The van der Waals surface area contributed by atoms with Gasteiger partial charge in [0.15, 0.2) is 11.8 Å². The van der Waals surface area contributed by atoms with E-state index in [1.54, 1.807) is 19.1 Å². The molecule has 0 fully saturated rings. The number of amidine groups is 1. The summed E-state index contributed by atoms with van der Waals surface area (Å²) in [5.41, 5.74) is 0. The zero-order valence-electron chi connectivity index (χ0n) is 11.7. The predicted molar refractivity (Wildman–Crippen MR) is 82.4 cm³/mol. The molecule has 1 atom stereocenters. The van der Waals surface area contributed by atoms with Crippen LogP contribution in [0, 0.1) is 0 Å². The van der Waals surface area contributed by atoms with Gasteiger partial charge in [-0.15, -0.1) is 0 Å². The lowest BCUT2D eigenvalue weighted by molar-refractivity contribution is -0.128. The molecule has 2 N–H and O–H groups in total. The van der Waals surface area contributed by atoms with Crippen molar-refractivity contribution in [3.05, 3.63) is 30.3 Å². The molecule has 0 bridgehead atoms. The summed E-state index contributed by atoms with van der Waals surface area (Å²) < 4.78 is 5.31. The molecular weight excluding hydrogens is 290 g/mol. The van der Waals surface area contributed by atoms with Gasteiger partial charge in [-0.2, -0.15) is 0 Å². The van der Waals surface area contributed by atoms with Crippen molar-refractivity contribution in [2.45, 2.75) is 13.0 Å². The van der Waals surface area contributed by atoms with Crippen molar-refractivity contribution in [2.75, 3.05) is 18.9 Å². The Morgan fingerprint density at radius 3 is 2.81 bits per heavy atom. The average molecular weight is 307 g/mol. The highest BCUT2D eigenvalue weighted by Crippen LogP contribution is 2.09. The summed E-state index contributed by atoms with van der Waals surface area (Å²) in [6, 6.07) is 8.40. The van der Waals surface area contributed by atoms with Crippen molar-refractivity contribution in [3.63, 3.8) is 0 Å². The Balaban J connectivity index is 1.72. The van der Waals surface area contributed by atoms with Crippen LogP contribution in [0.2, 0.25) is 0 Å². The van der Waals surface area contributed by atoms with Gasteiger partial charge in [0.1, 0.15) is 11.8 Å². The molecule has 1 heterocycles. The topological polar surface area (TPSA) is 79.8 Å². The van der Waals surface area contributed by atoms with Gasteiger partial charge in [0, 0.05) is 5.75 Å². The number of benzene rings is 1. The maximum Gasteiger partial charge on any atom is 0.258 e. The van der Waals surface area contributed by atoms with Crippen LogP contribution >= 0.6 is 11.8 Å². The molecule has 0 radical (unpaired) electrons. The molecule has 1 aliphatic heterocycles. The van der Waals surface area contributed by atoms with E-state index < -0.39 is 6.04 Å². The zero-order valence-corrected chi connectivity index (χ0v) is 12.5. The van der Waals surface area contributed by atoms with Crippen molar-refractivity contribution >= 4 is 28.7 Å². The number of amides is 2. The largest absolute Gasteiger partial charge is 0.484 e. The van der Waals surface area contributed by atoms with Crippen LogP contribution in [-0.4, -0.2) is 41.9 Å². The number of para-hydroxylation sites is 1. The highest BCUT2D eigenvalue weighted by Gasteiger charge is 2.18. The van der Waals surface area contributed by atoms with Gasteiger partial charge in [-0.05, 0) is 19.1 Å². The summed E-state index contributed by atoms with van der Waals surface area (Å²) >= 11 is 1.50. The molecule has 1 aliphatic rings. The maximum atomic E-state index is 11.8. The fourth-order valence-electron chi connectivity index (χ4n) is 1.64. The summed E-state index contributed by atoms with van der Waals surface area (Å²) in [7, 11) is 0. The zero-order chi connectivity index (χ0) is 15.1. The molecule has 0 saturated heterocycles. The van der Waals surface area contributed by atoms with Gasteiger partial charge in [-0.25, -0.2) is 0 Å². The van der Waals surface area contributed by atoms with E-state index >= 15 is 0 Å². The van der Waals surface area contributed by atoms with Gasteiger partial charge in [0.25, 0.3) is 5.91 Å². The van der Waals surface area contributed by atoms with Gasteiger partial charge in [0.2, 0.25) is 5.91 Å². The number of ether oxygens (including phenoxy) is 1. The van der Waals surface area contributed by atoms with Gasteiger partial charge < -0.3 is 15.4 Å². The van der Waals surface area contributed by atoms with E-state index in [9.17, 15) is 9.59 Å². The van der Waals surface area contributed by atoms with E-state index in [1.165, 1.54) is 11.8 Å². The third-order valence-electron chi connectivity index (χ3n) is 2.70. The molecule has 112 valence electrons. The maximum absolute atomic E-state index is 11.8. The number of aliphatic imine (C=N–C) groups is 1. The quantitative estimate of drug-likeness (QED) is 0.843. The van der Waals surface area contributed by atoms with Crippen molar-refractivity contribution < 1.29 is 14.3 Å². The number of hydrogen-bond donors (Lipinski definition) is 2. The Bertz CT molecular complexity index is 534. The van der Waals surface area contributed by atoms with Crippen LogP contribution in [0.3, 0.4) is 0 Å². The number of carbonyl (C=O) groups is 2. The minimum absolute atomic E-state index is 0.128. The van der Waals surface area contributed by atoms with E-state index in [2.05, 4.69) is 15.6 Å². The number of rotatable bonds is 5. The highest BCUT2D eigenvalue weighted by atomic mass is 32.2. The van der Waals surface area contributed by atoms with Gasteiger partial charge in [0.05, 0.1) is 6.54 Å². The number of thioether (sulfide) groups is 1. The molecule has 1 aromatic rings. The molecule has 1 aromatic carbocycles. The van der Waals surface area contributed by atoms with Gasteiger partial charge >= 0.3 is 0 Å². The van der Waals surface area contributed by atoms with Crippen LogP contribution in [0.4, 0.5) is 0 Å². The van der Waals surface area contributed by atoms with Crippen molar-refractivity contribution in [3.8, 4) is 5.75 Å². The average Bonchev–Trinajstić information content (AvgIpc) is 2.99. The second-order valence-electron chi connectivity index (χ2n) is 4.42. The van der Waals surface area contributed by atoms with Crippen molar-refractivity contribution in [1.29, 1.82) is 0 Å².